The lowest BCUT2D eigenvalue weighted by Gasteiger charge is -2.15. The maximum absolute atomic E-state index is 12.2. The molecule has 21 heavy (non-hydrogen) atoms. The number of hydrogen-bond acceptors (Lipinski definition) is 2. The van der Waals surface area contributed by atoms with Crippen molar-refractivity contribution in [2.24, 2.45) is 0 Å². The van der Waals surface area contributed by atoms with E-state index < -0.39 is 12.0 Å². The van der Waals surface area contributed by atoms with Crippen molar-refractivity contribution in [3.05, 3.63) is 71.3 Å². The highest BCUT2D eigenvalue weighted by Crippen LogP contribution is 2.09. The van der Waals surface area contributed by atoms with Crippen LogP contribution in [0.3, 0.4) is 0 Å². The van der Waals surface area contributed by atoms with Crippen LogP contribution in [0, 0.1) is 6.92 Å². The second-order valence-electron chi connectivity index (χ2n) is 4.87. The molecule has 4 nitrogen and oxygen atoms in total. The van der Waals surface area contributed by atoms with Crippen molar-refractivity contribution in [2.75, 3.05) is 0 Å². The molecule has 1 atom stereocenters. The molecule has 2 aromatic carbocycles. The number of amides is 1. The van der Waals surface area contributed by atoms with Crippen LogP contribution in [0.1, 0.15) is 21.5 Å². The Balaban J connectivity index is 2.12. The van der Waals surface area contributed by atoms with Gasteiger partial charge < -0.3 is 10.4 Å². The predicted octanol–water partition coefficient (Wildman–Crippen LogP) is 2.42. The second-order valence-corrected chi connectivity index (χ2v) is 4.87. The number of benzene rings is 2. The molecule has 2 aromatic rings. The van der Waals surface area contributed by atoms with Crippen LogP contribution in [0.5, 0.6) is 0 Å². The van der Waals surface area contributed by atoms with Gasteiger partial charge in [-0.2, -0.15) is 0 Å². The van der Waals surface area contributed by atoms with Crippen molar-refractivity contribution in [1.29, 1.82) is 0 Å². The molecule has 0 radical (unpaired) electrons. The van der Waals surface area contributed by atoms with E-state index in [0.29, 0.717) is 5.56 Å². The van der Waals surface area contributed by atoms with Gasteiger partial charge in [-0.1, -0.05) is 48.5 Å². The van der Waals surface area contributed by atoms with Crippen molar-refractivity contribution in [1.82, 2.24) is 5.32 Å². The SMILES string of the molecule is Cc1ccccc1C(=O)N[C@@H](Cc1ccccc1)C(=O)O. The summed E-state index contributed by atoms with van der Waals surface area (Å²) in [5.74, 6) is -1.41. The summed E-state index contributed by atoms with van der Waals surface area (Å²) in [6.07, 6.45) is 0.258. The monoisotopic (exact) mass is 283 g/mol. The Kier molecular flexibility index (Phi) is 4.72. The Morgan fingerprint density at radius 2 is 1.67 bits per heavy atom. The van der Waals surface area contributed by atoms with Gasteiger partial charge in [-0.05, 0) is 24.1 Å². The fraction of sp³-hybridized carbons (Fsp3) is 0.176. The third-order valence-corrected chi connectivity index (χ3v) is 3.28. The van der Waals surface area contributed by atoms with Crippen molar-refractivity contribution in [2.45, 2.75) is 19.4 Å². The number of carbonyl (C=O) groups is 2. The summed E-state index contributed by atoms with van der Waals surface area (Å²) >= 11 is 0. The topological polar surface area (TPSA) is 66.4 Å². The summed E-state index contributed by atoms with van der Waals surface area (Å²) < 4.78 is 0. The van der Waals surface area contributed by atoms with Gasteiger partial charge in [-0.25, -0.2) is 4.79 Å². The summed E-state index contributed by atoms with van der Waals surface area (Å²) in [5, 5.41) is 11.9. The molecule has 0 saturated carbocycles. The molecule has 0 aliphatic heterocycles. The van der Waals surface area contributed by atoms with E-state index in [4.69, 9.17) is 0 Å². The number of aryl methyl sites for hydroxylation is 1. The first-order valence-electron chi connectivity index (χ1n) is 6.71. The molecule has 0 spiro atoms. The molecule has 0 unspecified atom stereocenters. The van der Waals surface area contributed by atoms with Crippen LogP contribution < -0.4 is 5.32 Å². The van der Waals surface area contributed by atoms with Crippen LogP contribution in [-0.2, 0) is 11.2 Å². The second kappa shape index (κ2) is 6.70. The first-order chi connectivity index (χ1) is 10.1. The van der Waals surface area contributed by atoms with Crippen molar-refractivity contribution in [3.63, 3.8) is 0 Å². The van der Waals surface area contributed by atoms with Gasteiger partial charge in [0.1, 0.15) is 6.04 Å². The van der Waals surface area contributed by atoms with Crippen LogP contribution in [-0.4, -0.2) is 23.0 Å². The number of nitrogens with one attached hydrogen (secondary N) is 1. The molecule has 0 bridgehead atoms. The molecule has 2 rings (SSSR count). The van der Waals surface area contributed by atoms with Crippen LogP contribution >= 0.6 is 0 Å². The molecular formula is C17H17NO3. The fourth-order valence-electron chi connectivity index (χ4n) is 2.11. The summed E-state index contributed by atoms with van der Waals surface area (Å²) in [7, 11) is 0. The Bertz CT molecular complexity index is 637. The van der Waals surface area contributed by atoms with Crippen LogP contribution in [0.15, 0.2) is 54.6 Å². The van der Waals surface area contributed by atoms with E-state index in [9.17, 15) is 14.7 Å². The molecular weight excluding hydrogens is 266 g/mol. The van der Waals surface area contributed by atoms with Crippen molar-refractivity contribution >= 4 is 11.9 Å². The minimum absolute atomic E-state index is 0.258. The predicted molar refractivity (Wildman–Crippen MR) is 80.2 cm³/mol. The molecule has 1 amide bonds. The van der Waals surface area contributed by atoms with Crippen molar-refractivity contribution < 1.29 is 14.7 Å². The average molecular weight is 283 g/mol. The van der Waals surface area contributed by atoms with E-state index in [0.717, 1.165) is 11.1 Å². The molecule has 108 valence electrons. The number of rotatable bonds is 5. The van der Waals surface area contributed by atoms with Gasteiger partial charge >= 0.3 is 5.97 Å². The van der Waals surface area contributed by atoms with Gasteiger partial charge in [0.05, 0.1) is 0 Å². The summed E-state index contributed by atoms with van der Waals surface area (Å²) in [6.45, 7) is 1.82. The number of hydrogen-bond donors (Lipinski definition) is 2. The lowest BCUT2D eigenvalue weighted by molar-refractivity contribution is -0.139. The maximum atomic E-state index is 12.2. The minimum atomic E-state index is -1.04. The summed E-state index contributed by atoms with van der Waals surface area (Å²) in [5.41, 5.74) is 2.19. The zero-order valence-corrected chi connectivity index (χ0v) is 11.7. The van der Waals surface area contributed by atoms with Crippen molar-refractivity contribution in [3.8, 4) is 0 Å². The van der Waals surface area contributed by atoms with Gasteiger partial charge in [-0.15, -0.1) is 0 Å². The molecule has 0 aliphatic rings. The largest absolute Gasteiger partial charge is 0.480 e. The van der Waals surface area contributed by atoms with E-state index >= 15 is 0 Å². The van der Waals surface area contributed by atoms with Crippen LogP contribution in [0.25, 0.3) is 0 Å². The summed E-state index contributed by atoms with van der Waals surface area (Å²) in [6, 6.07) is 15.4. The van der Waals surface area contributed by atoms with Gasteiger partial charge in [0.25, 0.3) is 5.91 Å². The fourth-order valence-corrected chi connectivity index (χ4v) is 2.11. The minimum Gasteiger partial charge on any atom is -0.480 e. The van der Waals surface area contributed by atoms with Gasteiger partial charge in [0, 0.05) is 12.0 Å². The highest BCUT2D eigenvalue weighted by molar-refractivity contribution is 5.97. The Morgan fingerprint density at radius 1 is 1.05 bits per heavy atom. The molecule has 0 aliphatic carbocycles. The zero-order valence-electron chi connectivity index (χ0n) is 11.7. The maximum Gasteiger partial charge on any atom is 0.326 e. The Morgan fingerprint density at radius 3 is 2.29 bits per heavy atom. The number of carbonyl (C=O) groups excluding carboxylic acids is 1. The average Bonchev–Trinajstić information content (AvgIpc) is 2.48. The van der Waals surface area contributed by atoms with Gasteiger partial charge in [0.15, 0.2) is 0 Å². The first kappa shape index (κ1) is 14.8. The summed E-state index contributed by atoms with van der Waals surface area (Å²) in [4.78, 5) is 23.5. The van der Waals surface area contributed by atoms with E-state index in [2.05, 4.69) is 5.32 Å². The van der Waals surface area contributed by atoms with Crippen LogP contribution in [0.4, 0.5) is 0 Å². The highest BCUT2D eigenvalue weighted by atomic mass is 16.4. The molecule has 2 N–H and O–H groups in total. The van der Waals surface area contributed by atoms with E-state index in [-0.39, 0.29) is 12.3 Å². The quantitative estimate of drug-likeness (QED) is 0.885. The number of carboxylic acid groups (broad SMARTS) is 1. The highest BCUT2D eigenvalue weighted by Gasteiger charge is 2.21. The zero-order chi connectivity index (χ0) is 15.2. The van der Waals surface area contributed by atoms with E-state index in [1.807, 2.05) is 49.4 Å². The Labute approximate surface area is 123 Å². The molecule has 0 saturated heterocycles. The van der Waals surface area contributed by atoms with E-state index in [1.54, 1.807) is 12.1 Å². The normalized spacial score (nSPS) is 11.7. The third-order valence-electron chi connectivity index (χ3n) is 3.28. The molecule has 0 heterocycles. The lowest BCUT2D eigenvalue weighted by atomic mass is 10.0. The van der Waals surface area contributed by atoms with Gasteiger partial charge in [0.2, 0.25) is 0 Å². The smallest absolute Gasteiger partial charge is 0.326 e. The number of aliphatic carboxylic acids is 1. The first-order valence-corrected chi connectivity index (χ1v) is 6.71. The molecule has 4 heteroatoms. The molecule has 0 fully saturated rings. The third kappa shape index (κ3) is 3.92. The van der Waals surface area contributed by atoms with E-state index in [1.165, 1.54) is 0 Å². The number of carboxylic acids is 1. The lowest BCUT2D eigenvalue weighted by Crippen LogP contribution is -2.42. The molecule has 0 aromatic heterocycles. The Hall–Kier alpha value is -2.62. The van der Waals surface area contributed by atoms with Crippen LogP contribution in [0.2, 0.25) is 0 Å². The standard InChI is InChI=1S/C17H17NO3/c1-12-7-5-6-10-14(12)16(19)18-15(17(20)21)11-13-8-3-2-4-9-13/h2-10,15H,11H2,1H3,(H,18,19)(H,20,21)/t15-/m0/s1. The van der Waals surface area contributed by atoms with Gasteiger partial charge in [-0.3, -0.25) is 4.79 Å².